The molecule has 1 aromatic rings. The topological polar surface area (TPSA) is 58.4 Å². The maximum atomic E-state index is 11.4. The summed E-state index contributed by atoms with van der Waals surface area (Å²) in [5.74, 6) is -0.243. The summed E-state index contributed by atoms with van der Waals surface area (Å²) in [4.78, 5) is 13.6. The van der Waals surface area contributed by atoms with Crippen molar-refractivity contribution in [3.8, 4) is 0 Å². The number of nitrogens with zero attached hydrogens (tertiary/aromatic N) is 1. The number of benzene rings is 1. The number of nitrogens with two attached hydrogens (primary N) is 1. The van der Waals surface area contributed by atoms with Crippen LogP contribution in [0.1, 0.15) is 16.7 Å². The number of piperazine rings is 1. The fraction of sp³-hybridized carbons (Fsp3) is 0.500. The third-order valence-electron chi connectivity index (χ3n) is 3.77. The molecule has 1 fully saturated rings. The highest BCUT2D eigenvalue weighted by Crippen LogP contribution is 2.17. The summed E-state index contributed by atoms with van der Waals surface area (Å²) in [7, 11) is 0. The molecule has 0 aromatic heterocycles. The smallest absolute Gasteiger partial charge is 0.236 e. The van der Waals surface area contributed by atoms with E-state index in [1.165, 1.54) is 16.7 Å². The van der Waals surface area contributed by atoms with Crippen LogP contribution in [0.15, 0.2) is 18.2 Å². The molecular formula is C14H21N3O. The second-order valence-corrected chi connectivity index (χ2v) is 4.95. The summed E-state index contributed by atoms with van der Waals surface area (Å²) in [6.07, 6.45) is 0. The number of carbonyl (C=O) groups excluding carboxylic acids is 1. The first kappa shape index (κ1) is 13.1. The van der Waals surface area contributed by atoms with Crippen molar-refractivity contribution in [2.24, 2.45) is 5.73 Å². The molecule has 0 aliphatic carbocycles. The van der Waals surface area contributed by atoms with Crippen molar-refractivity contribution in [1.82, 2.24) is 10.2 Å². The van der Waals surface area contributed by atoms with Crippen LogP contribution < -0.4 is 11.1 Å². The predicted molar refractivity (Wildman–Crippen MR) is 72.2 cm³/mol. The molecule has 4 nitrogen and oxygen atoms in total. The number of rotatable bonds is 3. The lowest BCUT2D eigenvalue weighted by Gasteiger charge is -2.34. The highest BCUT2D eigenvalue weighted by molar-refractivity contribution is 5.80. The number of primary amides is 1. The Labute approximate surface area is 108 Å². The standard InChI is InChI=1S/C14H21N3O/c1-10-4-3-5-12(11(10)2)9-17-7-6-16-8-13(17)14(15)18/h3-5,13,16H,6-9H2,1-2H3,(H2,15,18). The minimum absolute atomic E-state index is 0.196. The van der Waals surface area contributed by atoms with E-state index in [-0.39, 0.29) is 11.9 Å². The van der Waals surface area contributed by atoms with Gasteiger partial charge in [-0.3, -0.25) is 9.69 Å². The van der Waals surface area contributed by atoms with Gasteiger partial charge < -0.3 is 11.1 Å². The summed E-state index contributed by atoms with van der Waals surface area (Å²) < 4.78 is 0. The van der Waals surface area contributed by atoms with Gasteiger partial charge in [0.1, 0.15) is 6.04 Å². The fourth-order valence-corrected chi connectivity index (χ4v) is 2.42. The SMILES string of the molecule is Cc1cccc(CN2CCNCC2C(N)=O)c1C. The molecule has 98 valence electrons. The van der Waals surface area contributed by atoms with E-state index in [9.17, 15) is 4.79 Å². The van der Waals surface area contributed by atoms with Crippen LogP contribution in [0.5, 0.6) is 0 Å². The van der Waals surface area contributed by atoms with Crippen molar-refractivity contribution >= 4 is 5.91 Å². The van der Waals surface area contributed by atoms with Crippen LogP contribution in [0.3, 0.4) is 0 Å². The summed E-state index contributed by atoms with van der Waals surface area (Å²) in [6.45, 7) is 7.47. The Balaban J connectivity index is 2.16. The zero-order chi connectivity index (χ0) is 13.1. The highest BCUT2D eigenvalue weighted by Gasteiger charge is 2.26. The van der Waals surface area contributed by atoms with Gasteiger partial charge in [0.15, 0.2) is 0 Å². The van der Waals surface area contributed by atoms with Crippen LogP contribution in [0.4, 0.5) is 0 Å². The van der Waals surface area contributed by atoms with E-state index in [1.54, 1.807) is 0 Å². The Morgan fingerprint density at radius 3 is 3.00 bits per heavy atom. The molecular weight excluding hydrogens is 226 g/mol. The Morgan fingerprint density at radius 1 is 1.50 bits per heavy atom. The van der Waals surface area contributed by atoms with Crippen molar-refractivity contribution in [3.63, 3.8) is 0 Å². The zero-order valence-electron chi connectivity index (χ0n) is 11.1. The van der Waals surface area contributed by atoms with Gasteiger partial charge in [-0.2, -0.15) is 0 Å². The van der Waals surface area contributed by atoms with Gasteiger partial charge in [0, 0.05) is 26.2 Å². The van der Waals surface area contributed by atoms with E-state index >= 15 is 0 Å². The van der Waals surface area contributed by atoms with Crippen LogP contribution in [0.2, 0.25) is 0 Å². The maximum Gasteiger partial charge on any atom is 0.236 e. The van der Waals surface area contributed by atoms with Crippen LogP contribution in [0.25, 0.3) is 0 Å². The minimum Gasteiger partial charge on any atom is -0.368 e. The lowest BCUT2D eigenvalue weighted by atomic mass is 10.0. The molecule has 18 heavy (non-hydrogen) atoms. The molecule has 0 saturated carbocycles. The van der Waals surface area contributed by atoms with Gasteiger partial charge in [-0.1, -0.05) is 18.2 Å². The average molecular weight is 247 g/mol. The Bertz CT molecular complexity index is 445. The van der Waals surface area contributed by atoms with Crippen molar-refractivity contribution in [3.05, 3.63) is 34.9 Å². The van der Waals surface area contributed by atoms with Crippen LogP contribution >= 0.6 is 0 Å². The lowest BCUT2D eigenvalue weighted by molar-refractivity contribution is -0.124. The van der Waals surface area contributed by atoms with E-state index in [2.05, 4.69) is 42.3 Å². The first-order chi connectivity index (χ1) is 8.59. The monoisotopic (exact) mass is 247 g/mol. The number of hydrogen-bond donors (Lipinski definition) is 2. The van der Waals surface area contributed by atoms with Crippen molar-refractivity contribution < 1.29 is 4.79 Å². The van der Waals surface area contributed by atoms with E-state index in [4.69, 9.17) is 5.73 Å². The predicted octanol–water partition coefficient (Wildman–Crippen LogP) is 0.563. The summed E-state index contributed by atoms with van der Waals surface area (Å²) in [5.41, 5.74) is 9.33. The molecule has 0 spiro atoms. The molecule has 0 bridgehead atoms. The van der Waals surface area contributed by atoms with Gasteiger partial charge in [0.05, 0.1) is 0 Å². The molecule has 4 heteroatoms. The van der Waals surface area contributed by atoms with Crippen molar-refractivity contribution in [2.75, 3.05) is 19.6 Å². The number of aryl methyl sites for hydroxylation is 1. The summed E-state index contributed by atoms with van der Waals surface area (Å²) in [6, 6.07) is 6.11. The molecule has 0 radical (unpaired) electrons. The molecule has 1 aliphatic heterocycles. The molecule has 1 aromatic carbocycles. The van der Waals surface area contributed by atoms with Crippen molar-refractivity contribution in [1.29, 1.82) is 0 Å². The van der Waals surface area contributed by atoms with E-state index in [0.29, 0.717) is 6.54 Å². The van der Waals surface area contributed by atoms with Gasteiger partial charge in [-0.25, -0.2) is 0 Å². The molecule has 1 atom stereocenters. The van der Waals surface area contributed by atoms with Crippen LogP contribution in [0, 0.1) is 13.8 Å². The number of amides is 1. The van der Waals surface area contributed by atoms with Crippen LogP contribution in [-0.4, -0.2) is 36.5 Å². The molecule has 1 amide bonds. The third-order valence-corrected chi connectivity index (χ3v) is 3.77. The molecule has 2 rings (SSSR count). The summed E-state index contributed by atoms with van der Waals surface area (Å²) >= 11 is 0. The van der Waals surface area contributed by atoms with Crippen LogP contribution in [-0.2, 0) is 11.3 Å². The minimum atomic E-state index is -0.243. The normalized spacial score (nSPS) is 20.9. The van der Waals surface area contributed by atoms with E-state index < -0.39 is 0 Å². The zero-order valence-corrected chi connectivity index (χ0v) is 11.1. The first-order valence-corrected chi connectivity index (χ1v) is 6.39. The average Bonchev–Trinajstić information content (AvgIpc) is 2.35. The van der Waals surface area contributed by atoms with Crippen molar-refractivity contribution in [2.45, 2.75) is 26.4 Å². The Morgan fingerprint density at radius 2 is 2.28 bits per heavy atom. The Hall–Kier alpha value is -1.39. The maximum absolute atomic E-state index is 11.4. The quantitative estimate of drug-likeness (QED) is 0.820. The lowest BCUT2D eigenvalue weighted by Crippen LogP contribution is -2.56. The summed E-state index contributed by atoms with van der Waals surface area (Å²) in [5, 5.41) is 3.22. The van der Waals surface area contributed by atoms with E-state index in [0.717, 1.165) is 19.6 Å². The third kappa shape index (κ3) is 2.71. The number of carbonyl (C=O) groups is 1. The second kappa shape index (κ2) is 5.50. The molecule has 1 unspecified atom stereocenters. The molecule has 1 aliphatic rings. The largest absolute Gasteiger partial charge is 0.368 e. The van der Waals surface area contributed by atoms with Gasteiger partial charge in [0.25, 0.3) is 0 Å². The van der Waals surface area contributed by atoms with Gasteiger partial charge in [0.2, 0.25) is 5.91 Å². The van der Waals surface area contributed by atoms with Gasteiger partial charge in [-0.15, -0.1) is 0 Å². The van der Waals surface area contributed by atoms with E-state index in [1.807, 2.05) is 0 Å². The number of nitrogens with one attached hydrogen (secondary N) is 1. The fourth-order valence-electron chi connectivity index (χ4n) is 2.42. The first-order valence-electron chi connectivity index (χ1n) is 6.39. The molecule has 1 heterocycles. The second-order valence-electron chi connectivity index (χ2n) is 4.95. The van der Waals surface area contributed by atoms with Gasteiger partial charge >= 0.3 is 0 Å². The van der Waals surface area contributed by atoms with Gasteiger partial charge in [-0.05, 0) is 30.5 Å². The molecule has 1 saturated heterocycles. The highest BCUT2D eigenvalue weighted by atomic mass is 16.1. The number of hydrogen-bond acceptors (Lipinski definition) is 3. The molecule has 3 N–H and O–H groups in total. The Kier molecular flexibility index (Phi) is 3.99.